The largest absolute Gasteiger partial charge is 0.416 e. The van der Waals surface area contributed by atoms with Crippen LogP contribution >= 0.6 is 0 Å². The number of nitrogens with one attached hydrogen (secondary N) is 2. The third-order valence-corrected chi connectivity index (χ3v) is 5.60. The van der Waals surface area contributed by atoms with Crippen molar-refractivity contribution in [1.29, 1.82) is 0 Å². The molecule has 9 heteroatoms. The molecule has 0 aliphatic heterocycles. The summed E-state index contributed by atoms with van der Waals surface area (Å²) in [7, 11) is -3.94. The Hall–Kier alpha value is -3.33. The van der Waals surface area contributed by atoms with E-state index in [-0.39, 0.29) is 21.8 Å². The van der Waals surface area contributed by atoms with Crippen LogP contribution < -0.4 is 10.0 Å². The lowest BCUT2D eigenvalue weighted by atomic mass is 10.1. The topological polar surface area (TPSA) is 75.3 Å². The molecule has 0 unspecified atom stereocenters. The minimum Gasteiger partial charge on any atom is -0.322 e. The molecule has 0 bridgehead atoms. The monoisotopic (exact) mass is 434 g/mol. The average molecular weight is 434 g/mol. The molecule has 0 aliphatic rings. The number of hydrogen-bond donors (Lipinski definition) is 2. The quantitative estimate of drug-likeness (QED) is 0.589. The first kappa shape index (κ1) is 21.4. The van der Waals surface area contributed by atoms with E-state index in [0.717, 1.165) is 29.8 Å². The number of anilines is 2. The van der Waals surface area contributed by atoms with E-state index < -0.39 is 27.7 Å². The van der Waals surface area contributed by atoms with Crippen LogP contribution in [0.15, 0.2) is 77.7 Å². The van der Waals surface area contributed by atoms with Crippen LogP contribution in [0.25, 0.3) is 0 Å². The van der Waals surface area contributed by atoms with Crippen molar-refractivity contribution in [3.05, 3.63) is 89.5 Å². The fraction of sp³-hybridized carbons (Fsp3) is 0.0952. The van der Waals surface area contributed by atoms with Crippen molar-refractivity contribution >= 4 is 27.3 Å². The van der Waals surface area contributed by atoms with E-state index in [1.807, 2.05) is 6.92 Å². The SMILES string of the molecule is Cc1ccc(S(=O)(=O)Nc2ccccc2C(=O)Nc2ccc(C(F)(F)F)cc2)cc1. The highest BCUT2D eigenvalue weighted by molar-refractivity contribution is 7.92. The standard InChI is InChI=1S/C21H17F3N2O3S/c1-14-6-12-17(13-7-14)30(28,29)26-19-5-3-2-4-18(19)20(27)25-16-10-8-15(9-11-16)21(22,23)24/h2-13,26H,1H3,(H,25,27). The Labute approximate surface area is 171 Å². The van der Waals surface area contributed by atoms with E-state index in [0.29, 0.717) is 0 Å². The van der Waals surface area contributed by atoms with Crippen molar-refractivity contribution in [3.8, 4) is 0 Å². The summed E-state index contributed by atoms with van der Waals surface area (Å²) < 4.78 is 65.6. The molecule has 156 valence electrons. The number of amides is 1. The van der Waals surface area contributed by atoms with E-state index in [1.54, 1.807) is 24.3 Å². The van der Waals surface area contributed by atoms with Crippen LogP contribution in [0.3, 0.4) is 0 Å². The fourth-order valence-corrected chi connectivity index (χ4v) is 3.71. The number of aryl methyl sites for hydroxylation is 1. The number of para-hydroxylation sites is 1. The van der Waals surface area contributed by atoms with Crippen LogP contribution in [0.4, 0.5) is 24.5 Å². The lowest BCUT2D eigenvalue weighted by molar-refractivity contribution is -0.137. The molecule has 30 heavy (non-hydrogen) atoms. The Morgan fingerprint density at radius 1 is 0.867 bits per heavy atom. The van der Waals surface area contributed by atoms with Gasteiger partial charge >= 0.3 is 6.18 Å². The molecule has 0 atom stereocenters. The Kier molecular flexibility index (Phi) is 5.84. The lowest BCUT2D eigenvalue weighted by Crippen LogP contribution is -2.18. The Morgan fingerprint density at radius 2 is 1.47 bits per heavy atom. The first-order valence-corrected chi connectivity index (χ1v) is 10.2. The van der Waals surface area contributed by atoms with Crippen molar-refractivity contribution < 1.29 is 26.4 Å². The first-order valence-electron chi connectivity index (χ1n) is 8.73. The van der Waals surface area contributed by atoms with Gasteiger partial charge in [0.15, 0.2) is 0 Å². The van der Waals surface area contributed by atoms with Gasteiger partial charge in [0.05, 0.1) is 21.7 Å². The maximum absolute atomic E-state index is 12.7. The van der Waals surface area contributed by atoms with Crippen molar-refractivity contribution in [2.24, 2.45) is 0 Å². The van der Waals surface area contributed by atoms with Gasteiger partial charge in [0.2, 0.25) is 0 Å². The van der Waals surface area contributed by atoms with Crippen LogP contribution in [0.5, 0.6) is 0 Å². The normalized spacial score (nSPS) is 11.7. The molecule has 0 saturated heterocycles. The van der Waals surface area contributed by atoms with Crippen molar-refractivity contribution in [2.45, 2.75) is 18.0 Å². The molecule has 0 heterocycles. The predicted octanol–water partition coefficient (Wildman–Crippen LogP) is 5.07. The lowest BCUT2D eigenvalue weighted by Gasteiger charge is -2.13. The van der Waals surface area contributed by atoms with Crippen molar-refractivity contribution in [1.82, 2.24) is 0 Å². The molecule has 0 aromatic heterocycles. The Balaban J connectivity index is 1.82. The predicted molar refractivity (Wildman–Crippen MR) is 108 cm³/mol. The van der Waals surface area contributed by atoms with Gasteiger partial charge in [0.1, 0.15) is 0 Å². The molecule has 0 saturated carbocycles. The third kappa shape index (κ3) is 4.98. The summed E-state index contributed by atoms with van der Waals surface area (Å²) in [6.45, 7) is 1.82. The number of halogens is 3. The van der Waals surface area contributed by atoms with Gasteiger partial charge in [0, 0.05) is 5.69 Å². The molecule has 1 amide bonds. The van der Waals surface area contributed by atoms with E-state index >= 15 is 0 Å². The summed E-state index contributed by atoms with van der Waals surface area (Å²) in [5.74, 6) is -0.669. The number of carbonyl (C=O) groups is 1. The van der Waals surface area contributed by atoms with Gasteiger partial charge in [-0.05, 0) is 55.5 Å². The van der Waals surface area contributed by atoms with Crippen LogP contribution in [-0.4, -0.2) is 14.3 Å². The summed E-state index contributed by atoms with van der Waals surface area (Å²) in [5.41, 5.74) is 0.261. The number of benzene rings is 3. The number of hydrogen-bond acceptors (Lipinski definition) is 3. The van der Waals surface area contributed by atoms with E-state index in [9.17, 15) is 26.4 Å². The molecule has 3 aromatic carbocycles. The zero-order valence-corrected chi connectivity index (χ0v) is 16.5. The molecule has 3 rings (SSSR count). The molecular weight excluding hydrogens is 417 g/mol. The fourth-order valence-electron chi connectivity index (χ4n) is 2.63. The summed E-state index contributed by atoms with van der Waals surface area (Å²) in [6, 6.07) is 16.1. The Morgan fingerprint density at radius 3 is 2.07 bits per heavy atom. The molecule has 3 aromatic rings. The van der Waals surface area contributed by atoms with Crippen molar-refractivity contribution in [3.63, 3.8) is 0 Å². The van der Waals surface area contributed by atoms with Crippen LogP contribution in [0.1, 0.15) is 21.5 Å². The summed E-state index contributed by atoms with van der Waals surface area (Å²) in [4.78, 5) is 12.6. The number of rotatable bonds is 5. The van der Waals surface area contributed by atoms with Crippen LogP contribution in [0.2, 0.25) is 0 Å². The van der Waals surface area contributed by atoms with Gasteiger partial charge in [-0.15, -0.1) is 0 Å². The van der Waals surface area contributed by atoms with Crippen LogP contribution in [-0.2, 0) is 16.2 Å². The Bertz CT molecular complexity index is 1160. The van der Waals surface area contributed by atoms with Crippen molar-refractivity contribution in [2.75, 3.05) is 10.0 Å². The van der Waals surface area contributed by atoms with Gasteiger partial charge in [-0.3, -0.25) is 9.52 Å². The highest BCUT2D eigenvalue weighted by atomic mass is 32.2. The maximum Gasteiger partial charge on any atom is 0.416 e. The number of alkyl halides is 3. The molecule has 0 aliphatic carbocycles. The maximum atomic E-state index is 12.7. The number of carbonyl (C=O) groups excluding carboxylic acids is 1. The summed E-state index contributed by atoms with van der Waals surface area (Å²) in [5, 5.41) is 2.47. The minimum absolute atomic E-state index is 0.0214. The first-order chi connectivity index (χ1) is 14.1. The van der Waals surface area contributed by atoms with Gasteiger partial charge < -0.3 is 5.32 Å². The van der Waals surface area contributed by atoms with E-state index in [1.165, 1.54) is 24.3 Å². The van der Waals surface area contributed by atoms with E-state index in [4.69, 9.17) is 0 Å². The zero-order valence-electron chi connectivity index (χ0n) is 15.7. The van der Waals surface area contributed by atoms with Gasteiger partial charge in [-0.2, -0.15) is 13.2 Å². The van der Waals surface area contributed by atoms with Gasteiger partial charge in [-0.1, -0.05) is 29.8 Å². The molecule has 5 nitrogen and oxygen atoms in total. The second kappa shape index (κ2) is 8.19. The third-order valence-electron chi connectivity index (χ3n) is 4.22. The minimum atomic E-state index is -4.48. The smallest absolute Gasteiger partial charge is 0.322 e. The molecule has 0 spiro atoms. The highest BCUT2D eigenvalue weighted by Gasteiger charge is 2.30. The van der Waals surface area contributed by atoms with E-state index in [2.05, 4.69) is 10.0 Å². The highest BCUT2D eigenvalue weighted by Crippen LogP contribution is 2.30. The second-order valence-electron chi connectivity index (χ2n) is 6.49. The summed E-state index contributed by atoms with van der Waals surface area (Å²) >= 11 is 0. The average Bonchev–Trinajstić information content (AvgIpc) is 2.68. The molecule has 0 fully saturated rings. The molecule has 0 radical (unpaired) electrons. The van der Waals surface area contributed by atoms with Gasteiger partial charge in [-0.25, -0.2) is 8.42 Å². The van der Waals surface area contributed by atoms with Gasteiger partial charge in [0.25, 0.3) is 15.9 Å². The second-order valence-corrected chi connectivity index (χ2v) is 8.18. The zero-order chi connectivity index (χ0) is 21.9. The summed E-state index contributed by atoms with van der Waals surface area (Å²) in [6.07, 6.45) is -4.48. The number of sulfonamides is 1. The molecular formula is C21H17F3N2O3S. The van der Waals surface area contributed by atoms with Crippen LogP contribution in [0, 0.1) is 6.92 Å². The molecule has 2 N–H and O–H groups in total.